The zero-order chi connectivity index (χ0) is 14.7. The summed E-state index contributed by atoms with van der Waals surface area (Å²) >= 11 is 6.03. The molecule has 0 radical (unpaired) electrons. The number of hydrogen-bond donors (Lipinski definition) is 2. The van der Waals surface area contributed by atoms with Gasteiger partial charge in [0.2, 0.25) is 5.91 Å². The quantitative estimate of drug-likeness (QED) is 0.856. The average molecular weight is 309 g/mol. The second-order valence-electron chi connectivity index (χ2n) is 4.13. The maximum atomic E-state index is 12.4. The highest BCUT2D eigenvalue weighted by molar-refractivity contribution is 7.85. The van der Waals surface area contributed by atoms with E-state index < -0.39 is 10.8 Å². The Hall–Kier alpha value is -1.85. The molecule has 0 aliphatic heterocycles. The molecule has 0 bridgehead atoms. The number of benzene rings is 2. The molecule has 104 valence electrons. The second kappa shape index (κ2) is 6.07. The summed E-state index contributed by atoms with van der Waals surface area (Å²) in [6.45, 7) is 1.40. The summed E-state index contributed by atoms with van der Waals surface area (Å²) < 4.78 is 12.4. The van der Waals surface area contributed by atoms with E-state index in [1.165, 1.54) is 6.92 Å². The lowest BCUT2D eigenvalue weighted by atomic mass is 10.2. The normalized spacial score (nSPS) is 11.9. The van der Waals surface area contributed by atoms with E-state index in [0.29, 0.717) is 26.2 Å². The SMILES string of the molecule is CC(=O)Nc1ccc(S(=O)c2ccccc2Cl)cc1N. The molecule has 3 N–H and O–H groups in total. The van der Waals surface area contributed by atoms with E-state index in [2.05, 4.69) is 5.32 Å². The van der Waals surface area contributed by atoms with Crippen molar-refractivity contribution >= 4 is 39.7 Å². The first kappa shape index (κ1) is 14.6. The minimum atomic E-state index is -1.41. The Bertz CT molecular complexity index is 689. The minimum absolute atomic E-state index is 0.211. The zero-order valence-electron chi connectivity index (χ0n) is 10.7. The molecule has 0 fully saturated rings. The molecule has 4 nitrogen and oxygen atoms in total. The molecule has 0 aliphatic rings. The fourth-order valence-electron chi connectivity index (χ4n) is 1.68. The Morgan fingerprint density at radius 2 is 1.95 bits per heavy atom. The predicted molar refractivity (Wildman–Crippen MR) is 81.3 cm³/mol. The number of rotatable bonds is 3. The smallest absolute Gasteiger partial charge is 0.221 e. The summed E-state index contributed by atoms with van der Waals surface area (Å²) in [6.07, 6.45) is 0. The molecule has 0 heterocycles. The number of amides is 1. The molecule has 0 spiro atoms. The van der Waals surface area contributed by atoms with Crippen LogP contribution in [0.1, 0.15) is 6.92 Å². The number of carbonyl (C=O) groups excluding carboxylic acids is 1. The molecule has 2 aromatic rings. The first-order valence-electron chi connectivity index (χ1n) is 5.82. The number of nitrogen functional groups attached to an aromatic ring is 1. The van der Waals surface area contributed by atoms with E-state index in [9.17, 15) is 9.00 Å². The van der Waals surface area contributed by atoms with Crippen molar-refractivity contribution in [2.75, 3.05) is 11.1 Å². The third kappa shape index (κ3) is 3.18. The molecule has 2 aromatic carbocycles. The van der Waals surface area contributed by atoms with E-state index in [0.717, 1.165) is 0 Å². The van der Waals surface area contributed by atoms with Gasteiger partial charge in [-0.05, 0) is 30.3 Å². The highest BCUT2D eigenvalue weighted by Crippen LogP contribution is 2.27. The van der Waals surface area contributed by atoms with Crippen molar-refractivity contribution < 1.29 is 9.00 Å². The van der Waals surface area contributed by atoms with Gasteiger partial charge >= 0.3 is 0 Å². The minimum Gasteiger partial charge on any atom is -0.397 e. The summed E-state index contributed by atoms with van der Waals surface area (Å²) in [5.41, 5.74) is 6.70. The van der Waals surface area contributed by atoms with Gasteiger partial charge in [0.25, 0.3) is 0 Å². The maximum absolute atomic E-state index is 12.4. The van der Waals surface area contributed by atoms with Crippen molar-refractivity contribution in [3.63, 3.8) is 0 Å². The summed E-state index contributed by atoms with van der Waals surface area (Å²) in [5.74, 6) is -0.211. The van der Waals surface area contributed by atoms with Gasteiger partial charge in [0, 0.05) is 11.8 Å². The van der Waals surface area contributed by atoms with Crippen LogP contribution in [-0.4, -0.2) is 10.1 Å². The van der Waals surface area contributed by atoms with Crippen LogP contribution >= 0.6 is 11.6 Å². The first-order valence-corrected chi connectivity index (χ1v) is 7.35. The summed E-state index contributed by atoms with van der Waals surface area (Å²) in [4.78, 5) is 12.1. The molecular weight excluding hydrogens is 296 g/mol. The number of nitrogens with one attached hydrogen (secondary N) is 1. The van der Waals surface area contributed by atoms with Crippen molar-refractivity contribution in [1.82, 2.24) is 0 Å². The van der Waals surface area contributed by atoms with Crippen LogP contribution in [0.3, 0.4) is 0 Å². The Kier molecular flexibility index (Phi) is 4.42. The molecule has 1 unspecified atom stereocenters. The number of carbonyl (C=O) groups is 1. The van der Waals surface area contributed by atoms with Crippen molar-refractivity contribution in [3.05, 3.63) is 47.5 Å². The van der Waals surface area contributed by atoms with Gasteiger partial charge in [0.1, 0.15) is 0 Å². The standard InChI is InChI=1S/C14H13ClN2O2S/c1-9(18)17-13-7-6-10(8-12(13)16)20(19)14-5-3-2-4-11(14)15/h2-8H,16H2,1H3,(H,17,18). The molecule has 6 heteroatoms. The van der Waals surface area contributed by atoms with Gasteiger partial charge in [-0.1, -0.05) is 23.7 Å². The van der Waals surface area contributed by atoms with Crippen molar-refractivity contribution in [2.24, 2.45) is 0 Å². The average Bonchev–Trinajstić information content (AvgIpc) is 2.40. The lowest BCUT2D eigenvalue weighted by Gasteiger charge is -2.09. The lowest BCUT2D eigenvalue weighted by Crippen LogP contribution is -2.08. The molecule has 1 amide bonds. The van der Waals surface area contributed by atoms with Gasteiger partial charge in [-0.2, -0.15) is 0 Å². The first-order chi connectivity index (χ1) is 9.49. The molecule has 0 saturated carbocycles. The number of halogens is 1. The van der Waals surface area contributed by atoms with E-state index in [1.807, 2.05) is 0 Å². The van der Waals surface area contributed by atoms with Crippen LogP contribution in [-0.2, 0) is 15.6 Å². The van der Waals surface area contributed by atoms with Gasteiger partial charge in [-0.15, -0.1) is 0 Å². The summed E-state index contributed by atoms with van der Waals surface area (Å²) in [5, 5.41) is 3.04. The molecule has 2 rings (SSSR count). The van der Waals surface area contributed by atoms with Crippen LogP contribution in [0.2, 0.25) is 5.02 Å². The van der Waals surface area contributed by atoms with Gasteiger partial charge < -0.3 is 11.1 Å². The van der Waals surface area contributed by atoms with Gasteiger partial charge in [0.15, 0.2) is 0 Å². The van der Waals surface area contributed by atoms with E-state index >= 15 is 0 Å². The van der Waals surface area contributed by atoms with Gasteiger partial charge in [-0.25, -0.2) is 4.21 Å². The highest BCUT2D eigenvalue weighted by atomic mass is 35.5. The topological polar surface area (TPSA) is 72.2 Å². The highest BCUT2D eigenvalue weighted by Gasteiger charge is 2.12. The molecule has 0 aromatic heterocycles. The Labute approximate surface area is 124 Å². The van der Waals surface area contributed by atoms with Crippen LogP contribution in [0.5, 0.6) is 0 Å². The monoisotopic (exact) mass is 308 g/mol. The molecular formula is C14H13ClN2O2S. The van der Waals surface area contributed by atoms with Crippen LogP contribution in [0, 0.1) is 0 Å². The number of hydrogen-bond acceptors (Lipinski definition) is 3. The van der Waals surface area contributed by atoms with Crippen molar-refractivity contribution in [3.8, 4) is 0 Å². The number of nitrogens with two attached hydrogens (primary N) is 1. The van der Waals surface area contributed by atoms with Crippen molar-refractivity contribution in [2.45, 2.75) is 16.7 Å². The van der Waals surface area contributed by atoms with E-state index in [4.69, 9.17) is 17.3 Å². The van der Waals surface area contributed by atoms with Crippen LogP contribution < -0.4 is 11.1 Å². The summed E-state index contributed by atoms with van der Waals surface area (Å²) in [6, 6.07) is 11.8. The van der Waals surface area contributed by atoms with Crippen molar-refractivity contribution in [1.29, 1.82) is 0 Å². The Balaban J connectivity index is 2.35. The Morgan fingerprint density at radius 3 is 2.55 bits per heavy atom. The van der Waals surface area contributed by atoms with Crippen LogP contribution in [0.15, 0.2) is 52.3 Å². The van der Waals surface area contributed by atoms with E-state index in [1.54, 1.807) is 42.5 Å². The lowest BCUT2D eigenvalue weighted by molar-refractivity contribution is -0.114. The molecule has 0 saturated heterocycles. The third-order valence-electron chi connectivity index (χ3n) is 2.58. The van der Waals surface area contributed by atoms with E-state index in [-0.39, 0.29) is 5.91 Å². The zero-order valence-corrected chi connectivity index (χ0v) is 12.3. The van der Waals surface area contributed by atoms with Gasteiger partial charge in [0.05, 0.1) is 32.1 Å². The maximum Gasteiger partial charge on any atom is 0.221 e. The fraction of sp³-hybridized carbons (Fsp3) is 0.0714. The van der Waals surface area contributed by atoms with Crippen LogP contribution in [0.4, 0.5) is 11.4 Å². The fourth-order valence-corrected chi connectivity index (χ4v) is 3.15. The summed E-state index contributed by atoms with van der Waals surface area (Å²) in [7, 11) is -1.41. The number of anilines is 2. The third-order valence-corrected chi connectivity index (χ3v) is 4.46. The molecule has 20 heavy (non-hydrogen) atoms. The second-order valence-corrected chi connectivity index (χ2v) is 5.99. The largest absolute Gasteiger partial charge is 0.397 e. The molecule has 1 atom stereocenters. The predicted octanol–water partition coefficient (Wildman–Crippen LogP) is 3.05. The van der Waals surface area contributed by atoms with Gasteiger partial charge in [-0.3, -0.25) is 4.79 Å². The van der Waals surface area contributed by atoms with Crippen LogP contribution in [0.25, 0.3) is 0 Å². The Morgan fingerprint density at radius 1 is 1.25 bits per heavy atom. The molecule has 0 aliphatic carbocycles.